The van der Waals surface area contributed by atoms with Gasteiger partial charge in [-0.2, -0.15) is 5.26 Å². The molecular weight excluding hydrogens is 292 g/mol. The summed E-state index contributed by atoms with van der Waals surface area (Å²) >= 11 is 0. The van der Waals surface area contributed by atoms with Crippen LogP contribution in [0.5, 0.6) is 0 Å². The van der Waals surface area contributed by atoms with Crippen LogP contribution in [0.4, 0.5) is 11.4 Å². The fourth-order valence-corrected chi connectivity index (χ4v) is 1.35. The Balaban J connectivity index is 2.75. The fourth-order valence-electron chi connectivity index (χ4n) is 1.35. The van der Waals surface area contributed by atoms with Crippen LogP contribution in [0.15, 0.2) is 36.0 Å². The van der Waals surface area contributed by atoms with Gasteiger partial charge in [0.2, 0.25) is 0 Å². The number of nitriles is 1. The van der Waals surface area contributed by atoms with Gasteiger partial charge in [0.15, 0.2) is 0 Å². The van der Waals surface area contributed by atoms with E-state index in [-0.39, 0.29) is 23.5 Å². The molecule has 0 radical (unpaired) electrons. The summed E-state index contributed by atoms with van der Waals surface area (Å²) in [7, 11) is 1.20. The Bertz CT molecular complexity index is 663. The molecule has 0 aliphatic rings. The summed E-state index contributed by atoms with van der Waals surface area (Å²) in [6.45, 7) is -0.203. The molecule has 0 saturated heterocycles. The minimum atomic E-state index is -0.764. The van der Waals surface area contributed by atoms with Crippen molar-refractivity contribution >= 4 is 23.3 Å². The minimum Gasteiger partial charge on any atom is -0.468 e. The van der Waals surface area contributed by atoms with Crippen molar-refractivity contribution in [1.29, 1.82) is 5.26 Å². The van der Waals surface area contributed by atoms with Crippen molar-refractivity contribution in [3.05, 3.63) is 46.2 Å². The maximum Gasteiger partial charge on any atom is 0.325 e. The molecule has 0 fully saturated rings. The molecule has 1 amide bonds. The number of carbonyl (C=O) groups excluding carboxylic acids is 2. The van der Waals surface area contributed by atoms with E-state index in [1.807, 2.05) is 0 Å². The molecular formula is C13H12N4O5. The number of hydrogen-bond acceptors (Lipinski definition) is 7. The summed E-state index contributed by atoms with van der Waals surface area (Å²) in [6, 6.07) is 6.93. The van der Waals surface area contributed by atoms with Crippen molar-refractivity contribution in [1.82, 2.24) is 5.32 Å². The first-order valence-corrected chi connectivity index (χ1v) is 5.94. The highest BCUT2D eigenvalue weighted by Crippen LogP contribution is 2.17. The van der Waals surface area contributed by atoms with E-state index in [1.165, 1.54) is 25.3 Å². The van der Waals surface area contributed by atoms with Crippen LogP contribution >= 0.6 is 0 Å². The lowest BCUT2D eigenvalue weighted by atomic mass is 10.2. The Morgan fingerprint density at radius 2 is 2.23 bits per heavy atom. The number of benzene rings is 1. The van der Waals surface area contributed by atoms with Gasteiger partial charge in [-0.25, -0.2) is 0 Å². The van der Waals surface area contributed by atoms with Crippen molar-refractivity contribution in [3.63, 3.8) is 0 Å². The topological polar surface area (TPSA) is 134 Å². The number of amides is 1. The van der Waals surface area contributed by atoms with Gasteiger partial charge in [0.1, 0.15) is 18.2 Å². The molecule has 1 rings (SSSR count). The quantitative estimate of drug-likeness (QED) is 0.260. The van der Waals surface area contributed by atoms with E-state index in [1.54, 1.807) is 6.07 Å². The highest BCUT2D eigenvalue weighted by Gasteiger charge is 2.12. The van der Waals surface area contributed by atoms with Gasteiger partial charge >= 0.3 is 5.97 Å². The van der Waals surface area contributed by atoms with E-state index in [4.69, 9.17) is 5.26 Å². The standard InChI is InChI=1S/C13H12N4O5/c1-22-12(18)8-15-7-9(6-14)13(19)16-10-3-2-4-11(5-10)17(20)21/h2-5,7,15H,8H2,1H3,(H,16,19)/b9-7-. The summed E-state index contributed by atoms with van der Waals surface area (Å²) in [5, 5.41) is 24.3. The van der Waals surface area contributed by atoms with Crippen molar-refractivity contribution in [2.75, 3.05) is 19.0 Å². The highest BCUT2D eigenvalue weighted by atomic mass is 16.6. The Kier molecular flexibility index (Phi) is 6.06. The maximum atomic E-state index is 11.8. The summed E-state index contributed by atoms with van der Waals surface area (Å²) in [6.07, 6.45) is 1.06. The lowest BCUT2D eigenvalue weighted by Gasteiger charge is -2.04. The van der Waals surface area contributed by atoms with Gasteiger partial charge in [-0.1, -0.05) is 6.07 Å². The third kappa shape index (κ3) is 4.93. The molecule has 0 heterocycles. The van der Waals surface area contributed by atoms with Crippen molar-refractivity contribution in [2.24, 2.45) is 0 Å². The van der Waals surface area contributed by atoms with Gasteiger partial charge in [0.25, 0.3) is 11.6 Å². The Morgan fingerprint density at radius 3 is 2.82 bits per heavy atom. The van der Waals surface area contributed by atoms with Crippen LogP contribution in [0.25, 0.3) is 0 Å². The number of hydrogen-bond donors (Lipinski definition) is 2. The van der Waals surface area contributed by atoms with E-state index in [0.29, 0.717) is 0 Å². The van der Waals surface area contributed by atoms with E-state index >= 15 is 0 Å². The van der Waals surface area contributed by atoms with Crippen LogP contribution in [0.3, 0.4) is 0 Å². The predicted molar refractivity (Wildman–Crippen MR) is 75.4 cm³/mol. The second-order valence-electron chi connectivity index (χ2n) is 3.89. The smallest absolute Gasteiger partial charge is 0.325 e. The molecule has 114 valence electrons. The Labute approximate surface area is 125 Å². The number of nitro benzene ring substituents is 1. The number of ether oxygens (including phenoxy) is 1. The van der Waals surface area contributed by atoms with Gasteiger partial charge in [-0.3, -0.25) is 19.7 Å². The van der Waals surface area contributed by atoms with E-state index in [9.17, 15) is 19.7 Å². The first kappa shape index (κ1) is 16.6. The van der Waals surface area contributed by atoms with Crippen LogP contribution in [0.1, 0.15) is 0 Å². The van der Waals surface area contributed by atoms with E-state index in [0.717, 1.165) is 12.3 Å². The van der Waals surface area contributed by atoms with Crippen LogP contribution in [-0.2, 0) is 14.3 Å². The number of nitro groups is 1. The number of nitrogens with zero attached hydrogens (tertiary/aromatic N) is 2. The summed E-state index contributed by atoms with van der Waals surface area (Å²) in [4.78, 5) is 32.8. The zero-order valence-corrected chi connectivity index (χ0v) is 11.5. The fraction of sp³-hybridized carbons (Fsp3) is 0.154. The zero-order valence-electron chi connectivity index (χ0n) is 11.5. The molecule has 0 bridgehead atoms. The van der Waals surface area contributed by atoms with Crippen molar-refractivity contribution in [2.45, 2.75) is 0 Å². The lowest BCUT2D eigenvalue weighted by molar-refractivity contribution is -0.384. The van der Waals surface area contributed by atoms with Crippen molar-refractivity contribution in [3.8, 4) is 6.07 Å². The maximum absolute atomic E-state index is 11.8. The molecule has 1 aromatic carbocycles. The Hall–Kier alpha value is -3.41. The average molecular weight is 304 g/mol. The van der Waals surface area contributed by atoms with Crippen LogP contribution in [0, 0.1) is 21.4 Å². The monoisotopic (exact) mass is 304 g/mol. The Morgan fingerprint density at radius 1 is 1.50 bits per heavy atom. The summed E-state index contributed by atoms with van der Waals surface area (Å²) in [5.41, 5.74) is -0.312. The number of carbonyl (C=O) groups is 2. The second-order valence-corrected chi connectivity index (χ2v) is 3.89. The van der Waals surface area contributed by atoms with E-state index < -0.39 is 16.8 Å². The number of non-ortho nitro benzene ring substituents is 1. The minimum absolute atomic E-state index is 0.174. The third-order valence-electron chi connectivity index (χ3n) is 2.40. The second kappa shape index (κ2) is 8.01. The summed E-state index contributed by atoms with van der Waals surface area (Å²) < 4.78 is 4.38. The molecule has 0 aromatic heterocycles. The van der Waals surface area contributed by atoms with Gasteiger partial charge in [-0.15, -0.1) is 0 Å². The number of methoxy groups -OCH3 is 1. The molecule has 0 atom stereocenters. The van der Waals surface area contributed by atoms with Gasteiger partial charge in [-0.05, 0) is 6.07 Å². The molecule has 9 heteroatoms. The number of nitrogens with one attached hydrogen (secondary N) is 2. The molecule has 2 N–H and O–H groups in total. The first-order chi connectivity index (χ1) is 10.5. The normalized spacial score (nSPS) is 10.3. The van der Waals surface area contributed by atoms with Gasteiger partial charge in [0, 0.05) is 24.0 Å². The average Bonchev–Trinajstić information content (AvgIpc) is 2.51. The van der Waals surface area contributed by atoms with Gasteiger partial charge in [0.05, 0.1) is 12.0 Å². The largest absolute Gasteiger partial charge is 0.468 e. The molecule has 0 aliphatic carbocycles. The lowest BCUT2D eigenvalue weighted by Crippen LogP contribution is -2.22. The zero-order chi connectivity index (χ0) is 16.5. The number of rotatable bonds is 6. The molecule has 0 unspecified atom stereocenters. The van der Waals surface area contributed by atoms with Crippen molar-refractivity contribution < 1.29 is 19.2 Å². The van der Waals surface area contributed by atoms with E-state index in [2.05, 4.69) is 15.4 Å². The molecule has 0 spiro atoms. The SMILES string of the molecule is COC(=O)CN/C=C(/C#N)C(=O)Nc1cccc([N+](=O)[O-])c1. The molecule has 9 nitrogen and oxygen atoms in total. The molecule has 22 heavy (non-hydrogen) atoms. The van der Waals surface area contributed by atoms with Crippen LogP contribution in [-0.4, -0.2) is 30.5 Å². The third-order valence-corrected chi connectivity index (χ3v) is 2.40. The highest BCUT2D eigenvalue weighted by molar-refractivity contribution is 6.06. The predicted octanol–water partition coefficient (Wildman–Crippen LogP) is 0.703. The number of anilines is 1. The summed E-state index contributed by atoms with van der Waals surface area (Å²) in [5.74, 6) is -1.33. The molecule has 1 aromatic rings. The number of esters is 1. The molecule has 0 aliphatic heterocycles. The van der Waals surface area contributed by atoms with Gasteiger partial charge < -0.3 is 15.4 Å². The first-order valence-electron chi connectivity index (χ1n) is 5.94. The van der Waals surface area contributed by atoms with Crippen LogP contribution in [0.2, 0.25) is 0 Å². The molecule has 0 saturated carbocycles. The van der Waals surface area contributed by atoms with Crippen LogP contribution < -0.4 is 10.6 Å².